The average molecular weight is 411 g/mol. The van der Waals surface area contributed by atoms with E-state index >= 15 is 0 Å². The first kappa shape index (κ1) is 17.4. The van der Waals surface area contributed by atoms with Gasteiger partial charge in [0.2, 0.25) is 11.1 Å². The van der Waals surface area contributed by atoms with Crippen LogP contribution in [0.3, 0.4) is 0 Å². The molecule has 1 N–H and O–H groups in total. The van der Waals surface area contributed by atoms with Crippen LogP contribution in [0, 0.1) is 0 Å². The molecular formula is C16H19BrN4O2S. The maximum Gasteiger partial charge on any atom is 0.233 e. The molecule has 6 nitrogen and oxygen atoms in total. The van der Waals surface area contributed by atoms with Gasteiger partial charge in [-0.25, -0.2) is 4.98 Å². The Balaban J connectivity index is 1.57. The minimum atomic E-state index is 0.0789. The van der Waals surface area contributed by atoms with Crippen LogP contribution >= 0.6 is 27.7 Å². The Bertz CT molecular complexity index is 696. The lowest BCUT2D eigenvalue weighted by atomic mass is 10.2. The topological polar surface area (TPSA) is 71.1 Å². The number of nitrogens with zero attached hydrogens (tertiary/aromatic N) is 3. The molecule has 128 valence electrons. The van der Waals surface area contributed by atoms with Crippen molar-refractivity contribution < 1.29 is 9.53 Å². The fourth-order valence-corrected chi connectivity index (χ4v) is 3.61. The first-order valence-corrected chi connectivity index (χ1v) is 9.53. The van der Waals surface area contributed by atoms with Crippen molar-refractivity contribution >= 4 is 33.6 Å². The summed E-state index contributed by atoms with van der Waals surface area (Å²) in [6.07, 6.45) is 0.158. The van der Waals surface area contributed by atoms with Gasteiger partial charge in [-0.3, -0.25) is 9.89 Å². The minimum Gasteiger partial charge on any atom is -0.372 e. The SMILES string of the molecule is C[C@H]1CN(C(=O)CSc2n[nH]c(-c3ccc(Br)cc3)n2)C[C@H](C)O1. The Kier molecular flexibility index (Phi) is 5.57. The van der Waals surface area contributed by atoms with E-state index in [4.69, 9.17) is 4.74 Å². The molecule has 1 aromatic heterocycles. The summed E-state index contributed by atoms with van der Waals surface area (Å²) in [7, 11) is 0. The number of benzene rings is 1. The van der Waals surface area contributed by atoms with Gasteiger partial charge in [0.15, 0.2) is 5.82 Å². The number of nitrogens with one attached hydrogen (secondary N) is 1. The monoisotopic (exact) mass is 410 g/mol. The fraction of sp³-hybridized carbons (Fsp3) is 0.438. The van der Waals surface area contributed by atoms with Gasteiger partial charge in [0.1, 0.15) is 0 Å². The van der Waals surface area contributed by atoms with Crippen LogP contribution in [0.4, 0.5) is 0 Å². The second-order valence-corrected chi connectivity index (χ2v) is 7.68. The van der Waals surface area contributed by atoms with Crippen LogP contribution in [0.2, 0.25) is 0 Å². The van der Waals surface area contributed by atoms with Gasteiger partial charge in [-0.15, -0.1) is 5.10 Å². The summed E-state index contributed by atoms with van der Waals surface area (Å²) in [6.45, 7) is 5.26. The number of H-pyrrole nitrogens is 1. The number of amides is 1. The summed E-state index contributed by atoms with van der Waals surface area (Å²) < 4.78 is 6.67. The molecule has 2 aromatic rings. The molecule has 1 aliphatic heterocycles. The number of carbonyl (C=O) groups is 1. The van der Waals surface area contributed by atoms with E-state index in [1.807, 2.05) is 43.0 Å². The molecule has 1 saturated heterocycles. The highest BCUT2D eigenvalue weighted by Crippen LogP contribution is 2.22. The molecule has 0 unspecified atom stereocenters. The number of rotatable bonds is 4. The Morgan fingerprint density at radius 3 is 2.67 bits per heavy atom. The molecule has 0 aliphatic carbocycles. The Morgan fingerprint density at radius 2 is 2.00 bits per heavy atom. The van der Waals surface area contributed by atoms with Crippen LogP contribution in [0.5, 0.6) is 0 Å². The zero-order valence-electron chi connectivity index (χ0n) is 13.5. The molecule has 2 atom stereocenters. The molecule has 24 heavy (non-hydrogen) atoms. The third kappa shape index (κ3) is 4.37. The summed E-state index contributed by atoms with van der Waals surface area (Å²) in [5.74, 6) is 1.12. The van der Waals surface area contributed by atoms with E-state index in [1.165, 1.54) is 11.8 Å². The summed E-state index contributed by atoms with van der Waals surface area (Å²) in [6, 6.07) is 7.82. The summed E-state index contributed by atoms with van der Waals surface area (Å²) in [5, 5.41) is 7.68. The van der Waals surface area contributed by atoms with E-state index in [0.29, 0.717) is 29.8 Å². The predicted molar refractivity (Wildman–Crippen MR) is 96.8 cm³/mol. The molecule has 1 aliphatic rings. The molecule has 0 spiro atoms. The number of thioether (sulfide) groups is 1. The highest BCUT2D eigenvalue weighted by molar-refractivity contribution is 9.10. The number of morpholine rings is 1. The number of carbonyl (C=O) groups excluding carboxylic acids is 1. The molecule has 8 heteroatoms. The van der Waals surface area contributed by atoms with Crippen molar-refractivity contribution in [2.24, 2.45) is 0 Å². The summed E-state index contributed by atoms with van der Waals surface area (Å²) in [5.41, 5.74) is 0.958. The normalized spacial score (nSPS) is 21.0. The van der Waals surface area contributed by atoms with E-state index in [1.54, 1.807) is 0 Å². The summed E-state index contributed by atoms with van der Waals surface area (Å²) >= 11 is 4.76. The molecule has 1 amide bonds. The lowest BCUT2D eigenvalue weighted by Crippen LogP contribution is -2.48. The van der Waals surface area contributed by atoms with E-state index in [-0.39, 0.29) is 18.1 Å². The number of ether oxygens (including phenoxy) is 1. The van der Waals surface area contributed by atoms with Crippen molar-refractivity contribution in [3.63, 3.8) is 0 Å². The number of halogens is 1. The Morgan fingerprint density at radius 1 is 1.33 bits per heavy atom. The van der Waals surface area contributed by atoms with Crippen molar-refractivity contribution in [2.45, 2.75) is 31.2 Å². The van der Waals surface area contributed by atoms with E-state index in [2.05, 4.69) is 31.1 Å². The molecule has 0 saturated carbocycles. The van der Waals surface area contributed by atoms with Gasteiger partial charge in [0.25, 0.3) is 0 Å². The van der Waals surface area contributed by atoms with Crippen LogP contribution in [-0.2, 0) is 9.53 Å². The predicted octanol–water partition coefficient (Wildman–Crippen LogP) is 2.96. The smallest absolute Gasteiger partial charge is 0.233 e. The second-order valence-electron chi connectivity index (χ2n) is 5.82. The van der Waals surface area contributed by atoms with E-state index in [9.17, 15) is 4.79 Å². The average Bonchev–Trinajstić information content (AvgIpc) is 3.01. The van der Waals surface area contributed by atoms with Gasteiger partial charge in [0, 0.05) is 23.1 Å². The first-order valence-electron chi connectivity index (χ1n) is 7.75. The lowest BCUT2D eigenvalue weighted by Gasteiger charge is -2.35. The van der Waals surface area contributed by atoms with Crippen molar-refractivity contribution in [3.8, 4) is 11.4 Å². The van der Waals surface area contributed by atoms with Crippen LogP contribution in [-0.4, -0.2) is 57.0 Å². The van der Waals surface area contributed by atoms with E-state index in [0.717, 1.165) is 10.0 Å². The fourth-order valence-electron chi connectivity index (χ4n) is 2.65. The van der Waals surface area contributed by atoms with Gasteiger partial charge in [-0.05, 0) is 26.0 Å². The number of hydrogen-bond acceptors (Lipinski definition) is 5. The third-order valence-electron chi connectivity index (χ3n) is 3.68. The molecule has 0 bridgehead atoms. The summed E-state index contributed by atoms with van der Waals surface area (Å²) in [4.78, 5) is 18.7. The highest BCUT2D eigenvalue weighted by atomic mass is 79.9. The van der Waals surface area contributed by atoms with Crippen molar-refractivity contribution in [1.82, 2.24) is 20.1 Å². The van der Waals surface area contributed by atoms with Crippen molar-refractivity contribution in [1.29, 1.82) is 0 Å². The quantitative estimate of drug-likeness (QED) is 0.784. The zero-order valence-corrected chi connectivity index (χ0v) is 15.9. The van der Waals surface area contributed by atoms with Gasteiger partial charge in [-0.2, -0.15) is 0 Å². The Hall–Kier alpha value is -1.38. The molecule has 0 radical (unpaired) electrons. The standard InChI is InChI=1S/C16H19BrN4O2S/c1-10-7-21(8-11(2)23-10)14(22)9-24-16-18-15(19-20-16)12-3-5-13(17)6-4-12/h3-6,10-11H,7-9H2,1-2H3,(H,18,19,20)/t10-,11-/m0/s1. The molecular weight excluding hydrogens is 392 g/mol. The first-order chi connectivity index (χ1) is 11.5. The van der Waals surface area contributed by atoms with Crippen LogP contribution in [0.15, 0.2) is 33.9 Å². The number of hydrogen-bond donors (Lipinski definition) is 1. The molecule has 2 heterocycles. The minimum absolute atomic E-state index is 0.0789. The molecule has 1 fully saturated rings. The van der Waals surface area contributed by atoms with Crippen molar-refractivity contribution in [3.05, 3.63) is 28.7 Å². The maximum atomic E-state index is 12.4. The zero-order chi connectivity index (χ0) is 17.1. The molecule has 1 aromatic carbocycles. The van der Waals surface area contributed by atoms with Gasteiger partial charge in [-0.1, -0.05) is 39.8 Å². The van der Waals surface area contributed by atoms with Gasteiger partial charge in [0.05, 0.1) is 18.0 Å². The van der Waals surface area contributed by atoms with E-state index < -0.39 is 0 Å². The lowest BCUT2D eigenvalue weighted by molar-refractivity contribution is -0.140. The van der Waals surface area contributed by atoms with Crippen LogP contribution in [0.1, 0.15) is 13.8 Å². The number of aromatic nitrogens is 3. The highest BCUT2D eigenvalue weighted by Gasteiger charge is 2.25. The van der Waals surface area contributed by atoms with Gasteiger partial charge >= 0.3 is 0 Å². The Labute approximate surface area is 153 Å². The van der Waals surface area contributed by atoms with Crippen LogP contribution in [0.25, 0.3) is 11.4 Å². The number of aromatic amines is 1. The maximum absolute atomic E-state index is 12.4. The largest absolute Gasteiger partial charge is 0.372 e. The van der Waals surface area contributed by atoms with Gasteiger partial charge < -0.3 is 9.64 Å². The third-order valence-corrected chi connectivity index (χ3v) is 5.04. The molecule has 3 rings (SSSR count). The van der Waals surface area contributed by atoms with Crippen molar-refractivity contribution in [2.75, 3.05) is 18.8 Å². The second kappa shape index (κ2) is 7.67. The van der Waals surface area contributed by atoms with Crippen LogP contribution < -0.4 is 0 Å².